The van der Waals surface area contributed by atoms with Crippen LogP contribution in [0.4, 0.5) is 4.79 Å². The van der Waals surface area contributed by atoms with Gasteiger partial charge in [0.25, 0.3) is 5.91 Å². The fraction of sp³-hybridized carbons (Fsp3) is 0.263. The molecule has 2 amide bonds. The Morgan fingerprint density at radius 1 is 0.966 bits per heavy atom. The molecule has 0 aliphatic carbocycles. The molecule has 1 unspecified atom stereocenters. The van der Waals surface area contributed by atoms with E-state index in [9.17, 15) is 18.0 Å². The summed E-state index contributed by atoms with van der Waals surface area (Å²) < 4.78 is 44.2. The highest BCUT2D eigenvalue weighted by atomic mass is 32.2. The van der Waals surface area contributed by atoms with Crippen LogP contribution in [0.5, 0.6) is 11.5 Å². The number of rotatable bonds is 6. The van der Waals surface area contributed by atoms with Crippen molar-refractivity contribution >= 4 is 22.0 Å². The lowest BCUT2D eigenvalue weighted by Crippen LogP contribution is -2.40. The SMILES string of the molecule is O=C1COC(=O)N1CC(NS(=O)(=O)c1ccc2c(c1)OCCO2)c1ccccc1. The van der Waals surface area contributed by atoms with Gasteiger partial charge in [0.1, 0.15) is 13.2 Å². The molecule has 0 saturated carbocycles. The number of hydrogen-bond donors (Lipinski definition) is 1. The molecule has 9 nitrogen and oxygen atoms in total. The Bertz CT molecular complexity index is 1020. The molecule has 4 rings (SSSR count). The van der Waals surface area contributed by atoms with E-state index in [0.717, 1.165) is 4.90 Å². The summed E-state index contributed by atoms with van der Waals surface area (Å²) in [5.41, 5.74) is 0.598. The number of nitrogens with one attached hydrogen (secondary N) is 1. The van der Waals surface area contributed by atoms with E-state index in [1.807, 2.05) is 0 Å². The fourth-order valence-corrected chi connectivity index (χ4v) is 4.31. The van der Waals surface area contributed by atoms with Crippen LogP contribution in [-0.2, 0) is 19.6 Å². The summed E-state index contributed by atoms with van der Waals surface area (Å²) in [5.74, 6) is 0.295. The normalized spacial score (nSPS) is 17.2. The van der Waals surface area contributed by atoms with E-state index in [0.29, 0.717) is 30.3 Å². The van der Waals surface area contributed by atoms with Crippen molar-refractivity contribution < 1.29 is 32.2 Å². The van der Waals surface area contributed by atoms with Crippen molar-refractivity contribution in [1.29, 1.82) is 0 Å². The van der Waals surface area contributed by atoms with E-state index >= 15 is 0 Å². The van der Waals surface area contributed by atoms with Crippen LogP contribution >= 0.6 is 0 Å². The molecule has 2 aromatic rings. The molecule has 29 heavy (non-hydrogen) atoms. The first kappa shape index (κ1) is 19.2. The second-order valence-corrected chi connectivity index (χ2v) is 8.16. The maximum atomic E-state index is 13.0. The van der Waals surface area contributed by atoms with Crippen LogP contribution in [-0.4, -0.2) is 51.7 Å². The largest absolute Gasteiger partial charge is 0.486 e. The molecule has 1 N–H and O–H groups in total. The Kier molecular flexibility index (Phi) is 5.12. The van der Waals surface area contributed by atoms with Gasteiger partial charge in [-0.3, -0.25) is 4.79 Å². The van der Waals surface area contributed by atoms with Gasteiger partial charge in [0, 0.05) is 6.07 Å². The average molecular weight is 418 g/mol. The van der Waals surface area contributed by atoms with Gasteiger partial charge in [-0.2, -0.15) is 0 Å². The van der Waals surface area contributed by atoms with Crippen molar-refractivity contribution in [2.45, 2.75) is 10.9 Å². The summed E-state index contributed by atoms with van der Waals surface area (Å²) in [5, 5.41) is 0. The zero-order valence-corrected chi connectivity index (χ0v) is 16.1. The van der Waals surface area contributed by atoms with Crippen LogP contribution in [0.25, 0.3) is 0 Å². The molecular weight excluding hydrogens is 400 g/mol. The lowest BCUT2D eigenvalue weighted by Gasteiger charge is -2.23. The Morgan fingerprint density at radius 2 is 1.69 bits per heavy atom. The smallest absolute Gasteiger partial charge is 0.417 e. The number of cyclic esters (lactones) is 1. The Morgan fingerprint density at radius 3 is 2.38 bits per heavy atom. The Labute approximate surface area is 167 Å². The van der Waals surface area contributed by atoms with Gasteiger partial charge in [0.15, 0.2) is 18.1 Å². The van der Waals surface area contributed by atoms with Crippen molar-refractivity contribution in [3.8, 4) is 11.5 Å². The van der Waals surface area contributed by atoms with Gasteiger partial charge in [0.2, 0.25) is 10.0 Å². The summed E-state index contributed by atoms with van der Waals surface area (Å²) in [7, 11) is -3.99. The van der Waals surface area contributed by atoms with E-state index in [2.05, 4.69) is 4.72 Å². The quantitative estimate of drug-likeness (QED) is 0.756. The molecule has 2 aromatic carbocycles. The Hall–Kier alpha value is -3.11. The third-order valence-electron chi connectivity index (χ3n) is 4.53. The molecule has 0 aromatic heterocycles. The topological polar surface area (TPSA) is 111 Å². The Balaban J connectivity index is 1.63. The molecular formula is C19H18N2O7S. The van der Waals surface area contributed by atoms with Gasteiger partial charge < -0.3 is 14.2 Å². The lowest BCUT2D eigenvalue weighted by molar-refractivity contribution is -0.126. The highest BCUT2D eigenvalue weighted by Gasteiger charge is 2.35. The van der Waals surface area contributed by atoms with Crippen molar-refractivity contribution in [2.75, 3.05) is 26.4 Å². The number of carbonyl (C=O) groups excluding carboxylic acids is 2. The van der Waals surface area contributed by atoms with Gasteiger partial charge in [-0.05, 0) is 17.7 Å². The third kappa shape index (κ3) is 4.03. The van der Waals surface area contributed by atoms with Crippen LogP contribution in [0.2, 0.25) is 0 Å². The molecule has 0 radical (unpaired) electrons. The van der Waals surface area contributed by atoms with E-state index in [1.54, 1.807) is 30.3 Å². The number of nitrogens with zero attached hydrogens (tertiary/aromatic N) is 1. The number of benzene rings is 2. The first-order chi connectivity index (χ1) is 13.9. The first-order valence-corrected chi connectivity index (χ1v) is 10.4. The number of sulfonamides is 1. The number of imide groups is 1. The van der Waals surface area contributed by atoms with E-state index in [1.165, 1.54) is 18.2 Å². The number of carbonyl (C=O) groups is 2. The number of amides is 2. The molecule has 2 heterocycles. The minimum absolute atomic E-state index is 0.0157. The van der Waals surface area contributed by atoms with E-state index < -0.39 is 28.1 Å². The molecule has 1 saturated heterocycles. The molecule has 0 spiro atoms. The van der Waals surface area contributed by atoms with Crippen LogP contribution in [0.1, 0.15) is 11.6 Å². The lowest BCUT2D eigenvalue weighted by atomic mass is 10.1. The van der Waals surface area contributed by atoms with E-state index in [4.69, 9.17) is 14.2 Å². The number of ether oxygens (including phenoxy) is 3. The van der Waals surface area contributed by atoms with Gasteiger partial charge in [-0.25, -0.2) is 22.8 Å². The molecule has 1 atom stereocenters. The third-order valence-corrected chi connectivity index (χ3v) is 6.00. The minimum Gasteiger partial charge on any atom is -0.486 e. The van der Waals surface area contributed by atoms with Gasteiger partial charge in [-0.1, -0.05) is 30.3 Å². The van der Waals surface area contributed by atoms with Crippen molar-refractivity contribution in [3.63, 3.8) is 0 Å². The number of hydrogen-bond acceptors (Lipinski definition) is 7. The number of fused-ring (bicyclic) bond motifs is 1. The molecule has 2 aliphatic rings. The monoisotopic (exact) mass is 418 g/mol. The highest BCUT2D eigenvalue weighted by Crippen LogP contribution is 2.32. The van der Waals surface area contributed by atoms with Crippen LogP contribution in [0.3, 0.4) is 0 Å². The molecule has 0 bridgehead atoms. The summed E-state index contributed by atoms with van der Waals surface area (Å²) in [6.07, 6.45) is -0.797. The molecule has 2 aliphatic heterocycles. The van der Waals surface area contributed by atoms with Crippen LogP contribution in [0.15, 0.2) is 53.4 Å². The second-order valence-electron chi connectivity index (χ2n) is 6.45. The second kappa shape index (κ2) is 7.72. The summed E-state index contributed by atoms with van der Waals surface area (Å²) in [4.78, 5) is 24.6. The molecule has 152 valence electrons. The molecule has 10 heteroatoms. The van der Waals surface area contributed by atoms with Crippen molar-refractivity contribution in [3.05, 3.63) is 54.1 Å². The zero-order valence-electron chi connectivity index (χ0n) is 15.2. The van der Waals surface area contributed by atoms with Crippen molar-refractivity contribution in [1.82, 2.24) is 9.62 Å². The maximum absolute atomic E-state index is 13.0. The highest BCUT2D eigenvalue weighted by molar-refractivity contribution is 7.89. The standard InChI is InChI=1S/C19H18N2O7S/c22-18-12-28-19(23)21(18)11-15(13-4-2-1-3-5-13)20-29(24,25)14-6-7-16-17(10-14)27-9-8-26-16/h1-7,10,15,20H,8-9,11-12H2. The van der Waals surface area contributed by atoms with Gasteiger partial charge in [-0.15, -0.1) is 0 Å². The zero-order chi connectivity index (χ0) is 20.4. The predicted molar refractivity (Wildman–Crippen MR) is 100.0 cm³/mol. The molecule has 1 fully saturated rings. The predicted octanol–water partition coefficient (Wildman–Crippen LogP) is 1.46. The fourth-order valence-electron chi connectivity index (χ4n) is 3.08. The average Bonchev–Trinajstić information content (AvgIpc) is 3.05. The van der Waals surface area contributed by atoms with Gasteiger partial charge >= 0.3 is 6.09 Å². The summed E-state index contributed by atoms with van der Waals surface area (Å²) in [6, 6.07) is 12.2. The van der Waals surface area contributed by atoms with E-state index in [-0.39, 0.29) is 18.0 Å². The van der Waals surface area contributed by atoms with Crippen LogP contribution < -0.4 is 14.2 Å². The first-order valence-electron chi connectivity index (χ1n) is 8.88. The minimum atomic E-state index is -3.99. The summed E-state index contributed by atoms with van der Waals surface area (Å²) >= 11 is 0. The van der Waals surface area contributed by atoms with Crippen molar-refractivity contribution in [2.24, 2.45) is 0 Å². The maximum Gasteiger partial charge on any atom is 0.417 e. The van der Waals surface area contributed by atoms with Crippen LogP contribution in [0, 0.1) is 0 Å². The summed E-state index contributed by atoms with van der Waals surface area (Å²) in [6.45, 7) is 0.184. The van der Waals surface area contributed by atoms with Gasteiger partial charge in [0.05, 0.1) is 17.5 Å².